The maximum atomic E-state index is 11.4. The van der Waals surface area contributed by atoms with Gasteiger partial charge in [0.05, 0.1) is 17.9 Å². The van der Waals surface area contributed by atoms with E-state index in [1.165, 1.54) is 23.3 Å². The van der Waals surface area contributed by atoms with Crippen LogP contribution in [0.15, 0.2) is 35.2 Å². The minimum Gasteiger partial charge on any atom is -0.507 e. The first-order valence-electron chi connectivity index (χ1n) is 9.35. The van der Waals surface area contributed by atoms with Crippen LogP contribution in [0.3, 0.4) is 0 Å². The van der Waals surface area contributed by atoms with Gasteiger partial charge < -0.3 is 20.1 Å². The molecule has 0 bridgehead atoms. The zero-order valence-corrected chi connectivity index (χ0v) is 15.8. The lowest BCUT2D eigenvalue weighted by Crippen LogP contribution is -2.31. The van der Waals surface area contributed by atoms with E-state index in [1.54, 1.807) is 19.1 Å². The Balaban J connectivity index is 1.84. The molecule has 1 aromatic carbocycles. The van der Waals surface area contributed by atoms with E-state index < -0.39 is 0 Å². The number of ether oxygens (including phenoxy) is 1. The van der Waals surface area contributed by atoms with Gasteiger partial charge in [-0.1, -0.05) is 6.07 Å². The maximum absolute atomic E-state index is 11.4. The molecule has 0 unspecified atom stereocenters. The van der Waals surface area contributed by atoms with E-state index in [0.29, 0.717) is 30.2 Å². The molecular formula is C21H28N2O3. The number of rotatable bonds is 6. The average molecular weight is 356 g/mol. The first-order chi connectivity index (χ1) is 12.5. The van der Waals surface area contributed by atoms with Gasteiger partial charge in [-0.2, -0.15) is 0 Å². The van der Waals surface area contributed by atoms with E-state index in [2.05, 4.69) is 30.3 Å². The van der Waals surface area contributed by atoms with Crippen LogP contribution >= 0.6 is 0 Å². The molecule has 26 heavy (non-hydrogen) atoms. The van der Waals surface area contributed by atoms with Crippen molar-refractivity contribution in [2.45, 2.75) is 52.5 Å². The van der Waals surface area contributed by atoms with Crippen LogP contribution in [-0.4, -0.2) is 35.6 Å². The molecule has 2 N–H and O–H groups in total. The summed E-state index contributed by atoms with van der Waals surface area (Å²) < 4.78 is 5.97. The monoisotopic (exact) mass is 356 g/mol. The molecule has 140 valence electrons. The van der Waals surface area contributed by atoms with Gasteiger partial charge in [0.15, 0.2) is 6.29 Å². The smallest absolute Gasteiger partial charge is 0.157 e. The molecule has 1 heterocycles. The lowest BCUT2D eigenvalue weighted by Gasteiger charge is -2.30. The molecule has 0 saturated heterocycles. The van der Waals surface area contributed by atoms with Crippen molar-refractivity contribution < 1.29 is 14.6 Å². The van der Waals surface area contributed by atoms with Crippen molar-refractivity contribution in [1.82, 2.24) is 10.2 Å². The van der Waals surface area contributed by atoms with E-state index in [-0.39, 0.29) is 11.3 Å². The Morgan fingerprint density at radius 2 is 2.08 bits per heavy atom. The number of phenolic OH excluding ortho intramolecular Hbond substituents is 1. The largest absolute Gasteiger partial charge is 0.507 e. The molecule has 1 aliphatic carbocycles. The van der Waals surface area contributed by atoms with Crippen LogP contribution in [-0.2, 0) is 0 Å². The number of hydrogen-bond acceptors (Lipinski definition) is 5. The molecule has 2 aliphatic rings. The van der Waals surface area contributed by atoms with Gasteiger partial charge in [-0.15, -0.1) is 0 Å². The van der Waals surface area contributed by atoms with Gasteiger partial charge in [0.2, 0.25) is 0 Å². The molecule has 1 aromatic rings. The van der Waals surface area contributed by atoms with Crippen LogP contribution in [0.1, 0.15) is 55.5 Å². The summed E-state index contributed by atoms with van der Waals surface area (Å²) in [7, 11) is 0. The molecule has 5 nitrogen and oxygen atoms in total. The number of nitrogens with zero attached hydrogens (tertiary/aromatic N) is 1. The quantitative estimate of drug-likeness (QED) is 0.758. The first-order valence-corrected chi connectivity index (χ1v) is 9.35. The van der Waals surface area contributed by atoms with Crippen molar-refractivity contribution in [1.29, 1.82) is 0 Å². The first kappa shape index (κ1) is 18.4. The molecule has 5 heteroatoms. The predicted octanol–water partition coefficient (Wildman–Crippen LogP) is 3.88. The number of aromatic hydroxyl groups is 1. The summed E-state index contributed by atoms with van der Waals surface area (Å²) >= 11 is 0. The molecule has 0 radical (unpaired) electrons. The lowest BCUT2D eigenvalue weighted by atomic mass is 9.89. The van der Waals surface area contributed by atoms with E-state index >= 15 is 0 Å². The number of allylic oxidation sites excluding steroid dienone is 1. The van der Waals surface area contributed by atoms with E-state index in [0.717, 1.165) is 25.9 Å². The van der Waals surface area contributed by atoms with Crippen LogP contribution in [0, 0.1) is 6.92 Å². The normalized spacial score (nSPS) is 17.4. The molecule has 0 spiro atoms. The van der Waals surface area contributed by atoms with Gasteiger partial charge in [-0.25, -0.2) is 0 Å². The summed E-state index contributed by atoms with van der Waals surface area (Å²) in [6.07, 6.45) is 7.17. The van der Waals surface area contributed by atoms with Crippen LogP contribution in [0.4, 0.5) is 0 Å². The van der Waals surface area contributed by atoms with Gasteiger partial charge in [0, 0.05) is 12.2 Å². The molecule has 0 aromatic heterocycles. The summed E-state index contributed by atoms with van der Waals surface area (Å²) in [6.45, 7) is 7.46. The predicted molar refractivity (Wildman–Crippen MR) is 102 cm³/mol. The average Bonchev–Trinajstić information content (AvgIpc) is 3.13. The molecule has 0 amide bonds. The molecule has 1 aliphatic heterocycles. The maximum Gasteiger partial charge on any atom is 0.157 e. The Morgan fingerprint density at radius 3 is 2.81 bits per heavy atom. The third-order valence-electron chi connectivity index (χ3n) is 5.22. The molecule has 0 saturated carbocycles. The molecule has 0 fully saturated rings. The van der Waals surface area contributed by atoms with Crippen molar-refractivity contribution in [3.05, 3.63) is 46.3 Å². The highest BCUT2D eigenvalue weighted by atomic mass is 16.5. The van der Waals surface area contributed by atoms with E-state index in [9.17, 15) is 9.90 Å². The molecule has 0 atom stereocenters. The second-order valence-corrected chi connectivity index (χ2v) is 7.29. The number of hydrogen-bond donors (Lipinski definition) is 2. The van der Waals surface area contributed by atoms with Gasteiger partial charge in [0.1, 0.15) is 18.1 Å². The Hall–Kier alpha value is -2.43. The van der Waals surface area contributed by atoms with Crippen LogP contribution < -0.4 is 10.1 Å². The Labute approximate surface area is 155 Å². The summed E-state index contributed by atoms with van der Waals surface area (Å²) in [5.41, 5.74) is 4.81. The number of benzene rings is 1. The van der Waals surface area contributed by atoms with Gasteiger partial charge in [0.25, 0.3) is 0 Å². The van der Waals surface area contributed by atoms with E-state index in [1.807, 2.05) is 0 Å². The van der Waals surface area contributed by atoms with E-state index in [4.69, 9.17) is 4.74 Å². The zero-order chi connectivity index (χ0) is 18.7. The van der Waals surface area contributed by atoms with Crippen molar-refractivity contribution in [2.75, 3.05) is 13.3 Å². The SMILES string of the molecule is Cc1ccc(OCC2=C(C3=CNCN3C(C)C)CCCC2)c(C=O)c1O. The lowest BCUT2D eigenvalue weighted by molar-refractivity contribution is 0.111. The molecule has 3 rings (SSSR count). The number of aryl methyl sites for hydroxylation is 1. The van der Waals surface area contributed by atoms with Crippen molar-refractivity contribution in [3.63, 3.8) is 0 Å². The standard InChI is InChI=1S/C21H28N2O3/c1-14(2)23-13-22-10-19(23)17-7-5-4-6-16(17)12-26-20-9-8-15(3)21(25)18(20)11-24/h8-11,14,22,25H,4-7,12-13H2,1-3H3. The van der Waals surface area contributed by atoms with Gasteiger partial charge in [-0.3, -0.25) is 4.79 Å². The fourth-order valence-corrected chi connectivity index (χ4v) is 3.67. The second kappa shape index (κ2) is 7.85. The number of carbonyl (C=O) groups excluding carboxylic acids is 1. The third kappa shape index (κ3) is 3.57. The van der Waals surface area contributed by atoms with Crippen molar-refractivity contribution in [2.24, 2.45) is 0 Å². The highest BCUT2D eigenvalue weighted by Gasteiger charge is 2.25. The second-order valence-electron chi connectivity index (χ2n) is 7.29. The van der Waals surface area contributed by atoms with Crippen molar-refractivity contribution >= 4 is 6.29 Å². The van der Waals surface area contributed by atoms with Crippen LogP contribution in [0.2, 0.25) is 0 Å². The zero-order valence-electron chi connectivity index (χ0n) is 15.8. The van der Waals surface area contributed by atoms with Crippen LogP contribution in [0.5, 0.6) is 11.5 Å². The Bertz CT molecular complexity index is 750. The van der Waals surface area contributed by atoms with Gasteiger partial charge >= 0.3 is 0 Å². The highest BCUT2D eigenvalue weighted by Crippen LogP contribution is 2.35. The molecular weight excluding hydrogens is 328 g/mol. The summed E-state index contributed by atoms with van der Waals surface area (Å²) in [6, 6.07) is 3.97. The topological polar surface area (TPSA) is 61.8 Å². The minimum atomic E-state index is 0.00373. The highest BCUT2D eigenvalue weighted by molar-refractivity contribution is 5.84. The van der Waals surface area contributed by atoms with Crippen LogP contribution in [0.25, 0.3) is 0 Å². The number of carbonyl (C=O) groups is 1. The summed E-state index contributed by atoms with van der Waals surface area (Å²) in [5.74, 6) is 0.448. The number of nitrogens with one attached hydrogen (secondary N) is 1. The third-order valence-corrected chi connectivity index (χ3v) is 5.22. The summed E-state index contributed by atoms with van der Waals surface area (Å²) in [5, 5.41) is 13.4. The fraction of sp³-hybridized carbons (Fsp3) is 0.476. The number of phenols is 1. The Kier molecular flexibility index (Phi) is 5.55. The van der Waals surface area contributed by atoms with Gasteiger partial charge in [-0.05, 0) is 69.2 Å². The minimum absolute atomic E-state index is 0.00373. The van der Waals surface area contributed by atoms with Crippen molar-refractivity contribution in [3.8, 4) is 11.5 Å². The fourth-order valence-electron chi connectivity index (χ4n) is 3.67. The number of aldehydes is 1. The summed E-state index contributed by atoms with van der Waals surface area (Å²) in [4.78, 5) is 13.7. The Morgan fingerprint density at radius 1 is 1.31 bits per heavy atom.